The third-order valence-electron chi connectivity index (χ3n) is 4.82. The number of H-pyrrole nitrogens is 1. The lowest BCUT2D eigenvalue weighted by Gasteiger charge is -2.35. The number of carbonyl (C=O) groups excluding carboxylic acids is 1. The molecular weight excluding hydrogens is 344 g/mol. The average molecular weight is 370 g/mol. The Bertz CT molecular complexity index is 816. The summed E-state index contributed by atoms with van der Waals surface area (Å²) in [5, 5.41) is 7.28. The molecule has 0 atom stereocenters. The largest absolute Gasteiger partial charge is 0.493 e. The first-order valence-electron chi connectivity index (χ1n) is 8.99. The molecule has 0 saturated carbocycles. The Kier molecular flexibility index (Phi) is 5.69. The lowest BCUT2D eigenvalue weighted by atomic mass is 10.1. The van der Waals surface area contributed by atoms with Gasteiger partial charge >= 0.3 is 0 Å². The van der Waals surface area contributed by atoms with Crippen LogP contribution in [0.1, 0.15) is 17.0 Å². The van der Waals surface area contributed by atoms with E-state index < -0.39 is 0 Å². The Labute approximate surface area is 159 Å². The SMILES string of the molecule is COc1ccc(/C=C/C(=O)N2CCN(c3c(C)n[nH]c3C)CC2)cc1OC. The highest BCUT2D eigenvalue weighted by atomic mass is 16.5. The zero-order valence-electron chi connectivity index (χ0n) is 16.3. The molecule has 1 aromatic heterocycles. The van der Waals surface area contributed by atoms with Crippen LogP contribution in [0.15, 0.2) is 24.3 Å². The molecule has 2 heterocycles. The number of nitrogens with one attached hydrogen (secondary N) is 1. The van der Waals surface area contributed by atoms with E-state index in [9.17, 15) is 4.79 Å². The van der Waals surface area contributed by atoms with Gasteiger partial charge in [-0.05, 0) is 37.6 Å². The van der Waals surface area contributed by atoms with Crippen LogP contribution in [-0.4, -0.2) is 61.4 Å². The van der Waals surface area contributed by atoms with Gasteiger partial charge in [0, 0.05) is 32.3 Å². The van der Waals surface area contributed by atoms with Gasteiger partial charge in [-0.2, -0.15) is 5.10 Å². The number of amides is 1. The Balaban J connectivity index is 1.60. The summed E-state index contributed by atoms with van der Waals surface area (Å²) < 4.78 is 10.5. The van der Waals surface area contributed by atoms with Crippen LogP contribution in [0.25, 0.3) is 6.08 Å². The van der Waals surface area contributed by atoms with Crippen LogP contribution in [0, 0.1) is 13.8 Å². The molecule has 0 bridgehead atoms. The third-order valence-corrected chi connectivity index (χ3v) is 4.82. The van der Waals surface area contributed by atoms with Crippen molar-refractivity contribution in [1.29, 1.82) is 0 Å². The van der Waals surface area contributed by atoms with Crippen LogP contribution in [-0.2, 0) is 4.79 Å². The van der Waals surface area contributed by atoms with E-state index in [2.05, 4.69) is 15.1 Å². The van der Waals surface area contributed by atoms with Crippen molar-refractivity contribution >= 4 is 17.7 Å². The molecule has 1 aromatic carbocycles. The fourth-order valence-electron chi connectivity index (χ4n) is 3.39. The highest BCUT2D eigenvalue weighted by molar-refractivity contribution is 5.92. The van der Waals surface area contributed by atoms with Crippen molar-refractivity contribution in [2.45, 2.75) is 13.8 Å². The van der Waals surface area contributed by atoms with Gasteiger partial charge < -0.3 is 19.3 Å². The predicted molar refractivity (Wildman–Crippen MR) is 105 cm³/mol. The lowest BCUT2D eigenvalue weighted by molar-refractivity contribution is -0.126. The number of benzene rings is 1. The maximum atomic E-state index is 12.5. The zero-order valence-corrected chi connectivity index (χ0v) is 16.3. The summed E-state index contributed by atoms with van der Waals surface area (Å²) in [4.78, 5) is 16.7. The summed E-state index contributed by atoms with van der Waals surface area (Å²) in [6.07, 6.45) is 3.42. The Morgan fingerprint density at radius 3 is 2.41 bits per heavy atom. The molecule has 0 aliphatic carbocycles. The highest BCUT2D eigenvalue weighted by Gasteiger charge is 2.23. The van der Waals surface area contributed by atoms with E-state index in [1.165, 1.54) is 0 Å². The fourth-order valence-corrected chi connectivity index (χ4v) is 3.39. The monoisotopic (exact) mass is 370 g/mol. The molecule has 2 aromatic rings. The van der Waals surface area contributed by atoms with E-state index in [0.29, 0.717) is 24.6 Å². The first-order chi connectivity index (χ1) is 13.0. The van der Waals surface area contributed by atoms with Crippen LogP contribution in [0.5, 0.6) is 11.5 Å². The molecule has 1 saturated heterocycles. The van der Waals surface area contributed by atoms with E-state index in [0.717, 1.165) is 35.7 Å². The smallest absolute Gasteiger partial charge is 0.246 e. The van der Waals surface area contributed by atoms with Crippen molar-refractivity contribution in [3.63, 3.8) is 0 Å². The number of nitrogens with zero attached hydrogens (tertiary/aromatic N) is 3. The van der Waals surface area contributed by atoms with Gasteiger partial charge in [0.05, 0.1) is 31.3 Å². The van der Waals surface area contributed by atoms with E-state index >= 15 is 0 Å². The van der Waals surface area contributed by atoms with E-state index in [1.807, 2.05) is 36.9 Å². The molecule has 144 valence electrons. The van der Waals surface area contributed by atoms with Gasteiger partial charge in [0.2, 0.25) is 5.91 Å². The number of methoxy groups -OCH3 is 2. The highest BCUT2D eigenvalue weighted by Crippen LogP contribution is 2.28. The number of aromatic nitrogens is 2. The number of aromatic amines is 1. The molecule has 7 heteroatoms. The van der Waals surface area contributed by atoms with E-state index in [1.54, 1.807) is 26.4 Å². The molecule has 27 heavy (non-hydrogen) atoms. The predicted octanol–water partition coefficient (Wildman–Crippen LogP) is 2.41. The van der Waals surface area contributed by atoms with Crippen molar-refractivity contribution in [2.75, 3.05) is 45.3 Å². The number of hydrogen-bond acceptors (Lipinski definition) is 5. The summed E-state index contributed by atoms with van der Waals surface area (Å²) in [5.41, 5.74) is 4.12. The zero-order chi connectivity index (χ0) is 19.4. The quantitative estimate of drug-likeness (QED) is 0.819. The molecule has 1 aliphatic heterocycles. The molecule has 7 nitrogen and oxygen atoms in total. The minimum absolute atomic E-state index is 0.0186. The minimum atomic E-state index is 0.0186. The normalized spacial score (nSPS) is 14.7. The number of hydrogen-bond donors (Lipinski definition) is 1. The van der Waals surface area contributed by atoms with E-state index in [-0.39, 0.29) is 5.91 Å². The average Bonchev–Trinajstić information content (AvgIpc) is 3.04. The topological polar surface area (TPSA) is 70.7 Å². The van der Waals surface area contributed by atoms with Gasteiger partial charge in [-0.3, -0.25) is 9.89 Å². The molecule has 0 radical (unpaired) electrons. The fraction of sp³-hybridized carbons (Fsp3) is 0.400. The molecule has 1 fully saturated rings. The summed E-state index contributed by atoms with van der Waals surface area (Å²) in [6, 6.07) is 5.58. The summed E-state index contributed by atoms with van der Waals surface area (Å²) in [7, 11) is 3.20. The number of carbonyl (C=O) groups is 1. The molecule has 0 unspecified atom stereocenters. The van der Waals surface area contributed by atoms with Crippen LogP contribution >= 0.6 is 0 Å². The lowest BCUT2D eigenvalue weighted by Crippen LogP contribution is -2.48. The Morgan fingerprint density at radius 2 is 1.81 bits per heavy atom. The van der Waals surface area contributed by atoms with Crippen molar-refractivity contribution in [3.8, 4) is 11.5 Å². The minimum Gasteiger partial charge on any atom is -0.493 e. The van der Waals surface area contributed by atoms with Gasteiger partial charge in [-0.15, -0.1) is 0 Å². The number of piperazine rings is 1. The van der Waals surface area contributed by atoms with Crippen molar-refractivity contribution in [3.05, 3.63) is 41.2 Å². The number of ether oxygens (including phenoxy) is 2. The first-order valence-corrected chi connectivity index (χ1v) is 8.99. The summed E-state index contributed by atoms with van der Waals surface area (Å²) in [6.45, 7) is 7.02. The van der Waals surface area contributed by atoms with Crippen LogP contribution in [0.3, 0.4) is 0 Å². The maximum Gasteiger partial charge on any atom is 0.246 e. The molecule has 0 spiro atoms. The second-order valence-electron chi connectivity index (χ2n) is 6.54. The van der Waals surface area contributed by atoms with Gasteiger partial charge in [-0.25, -0.2) is 0 Å². The molecule has 1 aliphatic rings. The van der Waals surface area contributed by atoms with Gasteiger partial charge in [-0.1, -0.05) is 6.07 Å². The number of aryl methyl sites for hydroxylation is 2. The molecular formula is C20H26N4O3. The second-order valence-corrected chi connectivity index (χ2v) is 6.54. The van der Waals surface area contributed by atoms with Crippen molar-refractivity contribution in [2.24, 2.45) is 0 Å². The first kappa shape index (κ1) is 18.8. The molecule has 1 amide bonds. The van der Waals surface area contributed by atoms with Crippen molar-refractivity contribution < 1.29 is 14.3 Å². The van der Waals surface area contributed by atoms with Crippen LogP contribution < -0.4 is 14.4 Å². The van der Waals surface area contributed by atoms with Crippen LogP contribution in [0.2, 0.25) is 0 Å². The standard InChI is InChI=1S/C20H26N4O3/c1-14-20(15(2)22-21-14)24-11-9-23(10-12-24)19(25)8-6-16-5-7-17(26-3)18(13-16)27-4/h5-8,13H,9-12H2,1-4H3,(H,21,22)/b8-6+. The van der Waals surface area contributed by atoms with Crippen molar-refractivity contribution in [1.82, 2.24) is 15.1 Å². The van der Waals surface area contributed by atoms with Gasteiger partial charge in [0.1, 0.15) is 0 Å². The Morgan fingerprint density at radius 1 is 1.11 bits per heavy atom. The number of anilines is 1. The third kappa shape index (κ3) is 4.07. The summed E-state index contributed by atoms with van der Waals surface area (Å²) in [5.74, 6) is 1.33. The summed E-state index contributed by atoms with van der Waals surface area (Å²) >= 11 is 0. The van der Waals surface area contributed by atoms with E-state index in [4.69, 9.17) is 9.47 Å². The number of rotatable bonds is 5. The Hall–Kier alpha value is -2.96. The van der Waals surface area contributed by atoms with Gasteiger partial charge in [0.15, 0.2) is 11.5 Å². The van der Waals surface area contributed by atoms with Crippen LogP contribution in [0.4, 0.5) is 5.69 Å². The molecule has 1 N–H and O–H groups in total. The van der Waals surface area contributed by atoms with Gasteiger partial charge in [0.25, 0.3) is 0 Å². The molecule has 3 rings (SSSR count). The second kappa shape index (κ2) is 8.16. The maximum absolute atomic E-state index is 12.5.